The highest BCUT2D eigenvalue weighted by atomic mass is 19.4. The van der Waals surface area contributed by atoms with E-state index in [1.165, 1.54) is 24.0 Å². The molecule has 1 aliphatic rings. The number of anilines is 2. The summed E-state index contributed by atoms with van der Waals surface area (Å²) in [7, 11) is 2.93. The van der Waals surface area contributed by atoms with E-state index in [1.54, 1.807) is 18.2 Å². The van der Waals surface area contributed by atoms with Gasteiger partial charge in [-0.15, -0.1) is 0 Å². The van der Waals surface area contributed by atoms with Crippen molar-refractivity contribution in [3.63, 3.8) is 0 Å². The summed E-state index contributed by atoms with van der Waals surface area (Å²) < 4.78 is 62.3. The van der Waals surface area contributed by atoms with Crippen molar-refractivity contribution >= 4 is 23.3 Å². The Bertz CT molecular complexity index is 997. The molecule has 3 rings (SSSR count). The summed E-state index contributed by atoms with van der Waals surface area (Å²) in [4.78, 5) is 27.7. The maximum atomic E-state index is 13.4. The van der Waals surface area contributed by atoms with E-state index in [2.05, 4.69) is 5.32 Å². The number of ether oxygens (including phenoxy) is 2. The molecule has 0 atom stereocenters. The quantitative estimate of drug-likeness (QED) is 0.694. The second-order valence-corrected chi connectivity index (χ2v) is 6.63. The van der Waals surface area contributed by atoms with Crippen LogP contribution in [0.2, 0.25) is 0 Å². The molecule has 1 saturated heterocycles. The zero-order valence-electron chi connectivity index (χ0n) is 16.6. The van der Waals surface area contributed by atoms with Gasteiger partial charge in [0.1, 0.15) is 23.9 Å². The molecule has 1 fully saturated rings. The number of rotatable bonds is 6. The summed E-state index contributed by atoms with van der Waals surface area (Å²) in [6.07, 6.45) is -4.90. The largest absolute Gasteiger partial charge is 0.497 e. The predicted molar refractivity (Wildman–Crippen MR) is 104 cm³/mol. The van der Waals surface area contributed by atoms with Gasteiger partial charge in [-0.25, -0.2) is 9.18 Å². The average Bonchev–Trinajstić information content (AvgIpc) is 3.08. The van der Waals surface area contributed by atoms with Crippen molar-refractivity contribution < 1.29 is 36.6 Å². The maximum absolute atomic E-state index is 13.4. The Morgan fingerprint density at radius 2 is 1.84 bits per heavy atom. The van der Waals surface area contributed by atoms with Gasteiger partial charge in [-0.05, 0) is 30.3 Å². The van der Waals surface area contributed by atoms with Crippen molar-refractivity contribution in [1.82, 2.24) is 4.90 Å². The van der Waals surface area contributed by atoms with Crippen LogP contribution in [0, 0.1) is 5.82 Å². The Morgan fingerprint density at radius 3 is 2.48 bits per heavy atom. The lowest BCUT2D eigenvalue weighted by molar-refractivity contribution is -0.140. The van der Waals surface area contributed by atoms with Gasteiger partial charge in [-0.2, -0.15) is 13.2 Å². The molecule has 0 radical (unpaired) electrons. The molecular formula is C20H19F4N3O4. The third-order valence-electron chi connectivity index (χ3n) is 4.66. The number of urea groups is 1. The van der Waals surface area contributed by atoms with Gasteiger partial charge in [0.2, 0.25) is 5.91 Å². The summed E-state index contributed by atoms with van der Waals surface area (Å²) >= 11 is 0. The molecule has 7 nitrogen and oxygen atoms in total. The average molecular weight is 441 g/mol. The second-order valence-electron chi connectivity index (χ2n) is 6.63. The molecule has 166 valence electrons. The molecular weight excluding hydrogens is 422 g/mol. The van der Waals surface area contributed by atoms with Crippen LogP contribution in [0.4, 0.5) is 33.7 Å². The van der Waals surface area contributed by atoms with Gasteiger partial charge in [-0.1, -0.05) is 0 Å². The Kier molecular flexibility index (Phi) is 6.23. The molecule has 2 aromatic rings. The number of alkyl halides is 3. The molecule has 0 unspecified atom stereocenters. The van der Waals surface area contributed by atoms with Crippen molar-refractivity contribution in [1.29, 1.82) is 0 Å². The van der Waals surface area contributed by atoms with Crippen LogP contribution in [-0.4, -0.2) is 50.7 Å². The topological polar surface area (TPSA) is 71.1 Å². The number of nitrogens with one attached hydrogen (secondary N) is 1. The molecule has 1 heterocycles. The molecule has 1 N–H and O–H groups in total. The Labute approximate surface area is 175 Å². The van der Waals surface area contributed by atoms with Crippen LogP contribution in [0.5, 0.6) is 11.5 Å². The number of carbonyl (C=O) groups is 2. The van der Waals surface area contributed by atoms with Crippen molar-refractivity contribution in [3.05, 3.63) is 47.8 Å². The summed E-state index contributed by atoms with van der Waals surface area (Å²) in [5.41, 5.74) is -1.25. The van der Waals surface area contributed by atoms with Gasteiger partial charge in [-0.3, -0.25) is 9.69 Å². The molecule has 0 aromatic heterocycles. The molecule has 0 bridgehead atoms. The van der Waals surface area contributed by atoms with Crippen LogP contribution < -0.4 is 19.7 Å². The number of carbonyl (C=O) groups excluding carboxylic acids is 2. The molecule has 2 aromatic carbocycles. The molecule has 3 amide bonds. The minimum atomic E-state index is -4.90. The molecule has 0 saturated carbocycles. The number of halogens is 4. The van der Waals surface area contributed by atoms with Crippen molar-refractivity contribution in [2.45, 2.75) is 6.18 Å². The number of amides is 3. The summed E-state index contributed by atoms with van der Waals surface area (Å²) in [6, 6.07) is 6.61. The Balaban J connectivity index is 1.70. The molecule has 31 heavy (non-hydrogen) atoms. The van der Waals surface area contributed by atoms with E-state index >= 15 is 0 Å². The van der Waals surface area contributed by atoms with E-state index in [4.69, 9.17) is 9.47 Å². The first-order chi connectivity index (χ1) is 14.6. The van der Waals surface area contributed by atoms with Crippen LogP contribution in [0.25, 0.3) is 0 Å². The van der Waals surface area contributed by atoms with Crippen molar-refractivity contribution in [2.75, 3.05) is 44.1 Å². The van der Waals surface area contributed by atoms with E-state index in [0.29, 0.717) is 29.3 Å². The minimum Gasteiger partial charge on any atom is -0.497 e. The van der Waals surface area contributed by atoms with Crippen molar-refractivity contribution in [3.8, 4) is 11.5 Å². The highest BCUT2D eigenvalue weighted by molar-refractivity contribution is 6.00. The lowest BCUT2D eigenvalue weighted by atomic mass is 10.2. The number of methoxy groups -OCH3 is 2. The molecule has 0 spiro atoms. The Hall–Kier alpha value is -3.50. The van der Waals surface area contributed by atoms with Crippen LogP contribution in [0.15, 0.2) is 36.4 Å². The SMILES string of the molecule is COc1ccc(OC)c(N2CCN(CC(=O)Nc3ccc(F)c(C(F)(F)F)c3)C2=O)c1. The first kappa shape index (κ1) is 22.2. The first-order valence-corrected chi connectivity index (χ1v) is 9.09. The fourth-order valence-corrected chi connectivity index (χ4v) is 3.15. The van der Waals surface area contributed by atoms with Gasteiger partial charge < -0.3 is 19.7 Å². The molecule has 11 heteroatoms. The summed E-state index contributed by atoms with van der Waals surface area (Å²) in [5, 5.41) is 2.26. The van der Waals surface area contributed by atoms with Crippen LogP contribution in [0.1, 0.15) is 5.56 Å². The number of benzene rings is 2. The van der Waals surface area contributed by atoms with Gasteiger partial charge in [0.15, 0.2) is 0 Å². The normalized spacial score (nSPS) is 14.1. The van der Waals surface area contributed by atoms with Gasteiger partial charge in [0.05, 0.1) is 25.5 Å². The van der Waals surface area contributed by atoms with E-state index in [9.17, 15) is 27.2 Å². The fourth-order valence-electron chi connectivity index (χ4n) is 3.15. The summed E-state index contributed by atoms with van der Waals surface area (Å²) in [5.74, 6) is -1.21. The highest BCUT2D eigenvalue weighted by Gasteiger charge is 2.35. The fraction of sp³-hybridized carbons (Fsp3) is 0.300. The van der Waals surface area contributed by atoms with Crippen LogP contribution >= 0.6 is 0 Å². The molecule has 0 aliphatic carbocycles. The smallest absolute Gasteiger partial charge is 0.419 e. The summed E-state index contributed by atoms with van der Waals surface area (Å²) in [6.45, 7) is 0.0919. The third kappa shape index (κ3) is 4.81. The lowest BCUT2D eigenvalue weighted by Gasteiger charge is -2.21. The predicted octanol–water partition coefficient (Wildman–Crippen LogP) is 3.74. The second kappa shape index (κ2) is 8.70. The standard InChI is InChI=1S/C20H19F4N3O4/c1-30-13-4-6-17(31-2)16(10-13)27-8-7-26(19(27)29)11-18(28)25-12-3-5-15(21)14(9-12)20(22,23)24/h3-6,9-10H,7-8,11H2,1-2H3,(H,25,28). The number of hydrogen-bond acceptors (Lipinski definition) is 4. The Morgan fingerprint density at radius 1 is 1.10 bits per heavy atom. The van der Waals surface area contributed by atoms with Gasteiger partial charge >= 0.3 is 12.2 Å². The monoisotopic (exact) mass is 441 g/mol. The van der Waals surface area contributed by atoms with Crippen molar-refractivity contribution in [2.24, 2.45) is 0 Å². The van der Waals surface area contributed by atoms with Crippen LogP contribution in [0.3, 0.4) is 0 Å². The van der Waals surface area contributed by atoms with E-state index < -0.39 is 29.5 Å². The number of nitrogens with zero attached hydrogens (tertiary/aromatic N) is 2. The van der Waals surface area contributed by atoms with E-state index in [-0.39, 0.29) is 25.3 Å². The van der Waals surface area contributed by atoms with Gasteiger partial charge in [0.25, 0.3) is 0 Å². The lowest BCUT2D eigenvalue weighted by Crippen LogP contribution is -2.37. The number of hydrogen-bond donors (Lipinski definition) is 1. The van der Waals surface area contributed by atoms with E-state index in [0.717, 1.165) is 6.07 Å². The zero-order chi connectivity index (χ0) is 22.8. The molecule has 1 aliphatic heterocycles. The van der Waals surface area contributed by atoms with E-state index in [1.807, 2.05) is 0 Å². The zero-order valence-corrected chi connectivity index (χ0v) is 16.6. The third-order valence-corrected chi connectivity index (χ3v) is 4.66. The first-order valence-electron chi connectivity index (χ1n) is 9.09. The minimum absolute atomic E-state index is 0.212. The van der Waals surface area contributed by atoms with Crippen LogP contribution in [-0.2, 0) is 11.0 Å². The highest BCUT2D eigenvalue weighted by Crippen LogP contribution is 2.35. The van der Waals surface area contributed by atoms with Gasteiger partial charge in [0, 0.05) is 24.8 Å². The maximum Gasteiger partial charge on any atom is 0.419 e.